The Morgan fingerprint density at radius 1 is 1.10 bits per heavy atom. The van der Waals surface area contributed by atoms with Gasteiger partial charge in [-0.15, -0.1) is 0 Å². The number of rotatable bonds is 7. The molecule has 2 heterocycles. The summed E-state index contributed by atoms with van der Waals surface area (Å²) in [6.45, 7) is 5.95. The van der Waals surface area contributed by atoms with Crippen molar-refractivity contribution in [3.63, 3.8) is 0 Å². The van der Waals surface area contributed by atoms with Gasteiger partial charge < -0.3 is 24.1 Å². The molecule has 162 valence electrons. The van der Waals surface area contributed by atoms with Crippen LogP contribution in [0.4, 0.5) is 0 Å². The molecule has 0 radical (unpaired) electrons. The normalized spacial score (nSPS) is 15.5. The van der Waals surface area contributed by atoms with Crippen molar-refractivity contribution in [3.8, 4) is 0 Å². The number of benzene rings is 2. The Bertz CT molecular complexity index is 1000. The molecule has 0 bridgehead atoms. The van der Waals surface area contributed by atoms with Crippen molar-refractivity contribution in [2.24, 2.45) is 0 Å². The summed E-state index contributed by atoms with van der Waals surface area (Å²) >= 11 is 0. The highest BCUT2D eigenvalue weighted by atomic mass is 16.5. The number of furan rings is 1. The summed E-state index contributed by atoms with van der Waals surface area (Å²) in [7, 11) is 0. The van der Waals surface area contributed by atoms with Crippen LogP contribution in [0.15, 0.2) is 59.0 Å². The predicted octanol–water partition coefficient (Wildman–Crippen LogP) is 1.88. The van der Waals surface area contributed by atoms with Gasteiger partial charge in [0.25, 0.3) is 5.91 Å². The van der Waals surface area contributed by atoms with Gasteiger partial charge in [0.15, 0.2) is 6.61 Å². The monoisotopic (exact) mass is 423 g/mol. The van der Waals surface area contributed by atoms with Crippen LogP contribution in [0.5, 0.6) is 0 Å². The van der Waals surface area contributed by atoms with Gasteiger partial charge >= 0.3 is 5.97 Å². The highest BCUT2D eigenvalue weighted by Gasteiger charge is 2.17. The molecule has 0 unspecified atom stereocenters. The molecule has 1 aliphatic heterocycles. The largest absolute Gasteiger partial charge is 0.459 e. The summed E-state index contributed by atoms with van der Waals surface area (Å²) in [5.74, 6) is -0.246. The van der Waals surface area contributed by atoms with Gasteiger partial charge in [-0.25, -0.2) is 4.79 Å². The van der Waals surface area contributed by atoms with Crippen molar-refractivity contribution in [3.05, 3.63) is 71.5 Å². The number of quaternary nitrogens is 1. The molecule has 3 aromatic rings. The Morgan fingerprint density at radius 3 is 2.58 bits per heavy atom. The summed E-state index contributed by atoms with van der Waals surface area (Å²) in [5.41, 5.74) is 2.36. The minimum atomic E-state index is -0.517. The number of nitrogens with one attached hydrogen (secondary N) is 2. The van der Waals surface area contributed by atoms with Crippen LogP contribution in [-0.2, 0) is 20.8 Å². The van der Waals surface area contributed by atoms with Crippen LogP contribution in [0.2, 0.25) is 0 Å². The number of hydrogen-bond donors (Lipinski definition) is 2. The quantitative estimate of drug-likeness (QED) is 0.567. The van der Waals surface area contributed by atoms with E-state index in [1.54, 1.807) is 12.1 Å². The van der Waals surface area contributed by atoms with E-state index >= 15 is 0 Å². The van der Waals surface area contributed by atoms with Crippen LogP contribution >= 0.6 is 0 Å². The molecule has 1 atom stereocenters. The van der Waals surface area contributed by atoms with Gasteiger partial charge in [-0.2, -0.15) is 0 Å². The lowest BCUT2D eigenvalue weighted by Gasteiger charge is -2.23. The van der Waals surface area contributed by atoms with Crippen molar-refractivity contribution in [2.45, 2.75) is 19.5 Å². The molecule has 2 N–H and O–H groups in total. The molecule has 0 saturated carbocycles. The van der Waals surface area contributed by atoms with Crippen LogP contribution in [0.3, 0.4) is 0 Å². The van der Waals surface area contributed by atoms with Gasteiger partial charge in [-0.3, -0.25) is 4.79 Å². The standard InChI is InChI=1S/C24H26N2O5/c1-17(22-14-20-4-2-3-5-21(20)31-22)25-23(27)16-30-24(28)19-8-6-18(7-9-19)15-26-10-12-29-13-11-26/h2-9,14,17H,10-13,15-16H2,1H3,(H,25,27)/p+1/t17-/m1/s1. The first-order chi connectivity index (χ1) is 15.1. The fourth-order valence-electron chi connectivity index (χ4n) is 3.67. The Hall–Kier alpha value is -3.16. The first-order valence-corrected chi connectivity index (χ1v) is 10.5. The summed E-state index contributed by atoms with van der Waals surface area (Å²) in [5, 5.41) is 3.77. The highest BCUT2D eigenvalue weighted by Crippen LogP contribution is 2.23. The SMILES string of the molecule is C[C@@H](NC(=O)COC(=O)c1ccc(C[NH+]2CCOCC2)cc1)c1cc2ccccc2o1. The van der Waals surface area contributed by atoms with E-state index in [2.05, 4.69) is 5.32 Å². The zero-order chi connectivity index (χ0) is 21.6. The molecule has 1 saturated heterocycles. The topological polar surface area (TPSA) is 82.2 Å². The van der Waals surface area contributed by atoms with E-state index in [1.165, 1.54) is 4.90 Å². The van der Waals surface area contributed by atoms with E-state index in [0.29, 0.717) is 11.3 Å². The van der Waals surface area contributed by atoms with Crippen molar-refractivity contribution in [1.29, 1.82) is 0 Å². The molecule has 7 heteroatoms. The molecule has 4 rings (SSSR count). The summed E-state index contributed by atoms with van der Waals surface area (Å²) < 4.78 is 16.3. The Kier molecular flexibility index (Phi) is 6.64. The number of morpholine rings is 1. The molecular weight excluding hydrogens is 396 g/mol. The average molecular weight is 423 g/mol. The van der Waals surface area contributed by atoms with Gasteiger partial charge in [0.1, 0.15) is 31.0 Å². The third kappa shape index (κ3) is 5.51. The lowest BCUT2D eigenvalue weighted by Crippen LogP contribution is -3.12. The summed E-state index contributed by atoms with van der Waals surface area (Å²) in [6, 6.07) is 16.6. The van der Waals surface area contributed by atoms with E-state index in [9.17, 15) is 9.59 Å². The molecule has 1 aliphatic rings. The third-order valence-electron chi connectivity index (χ3n) is 5.43. The van der Waals surface area contributed by atoms with Crippen LogP contribution < -0.4 is 10.2 Å². The first-order valence-electron chi connectivity index (χ1n) is 10.5. The number of para-hydroxylation sites is 1. The van der Waals surface area contributed by atoms with E-state index in [-0.39, 0.29) is 18.6 Å². The van der Waals surface area contributed by atoms with Gasteiger partial charge in [-0.05, 0) is 31.2 Å². The fourth-order valence-corrected chi connectivity index (χ4v) is 3.67. The molecular formula is C24H27N2O5+. The number of ether oxygens (including phenoxy) is 2. The summed E-state index contributed by atoms with van der Waals surface area (Å²) in [4.78, 5) is 26.0. The fraction of sp³-hybridized carbons (Fsp3) is 0.333. The van der Waals surface area contributed by atoms with Crippen LogP contribution in [0, 0.1) is 0 Å². The lowest BCUT2D eigenvalue weighted by molar-refractivity contribution is -0.921. The molecule has 7 nitrogen and oxygen atoms in total. The Labute approximate surface area is 180 Å². The molecule has 1 fully saturated rings. The van der Waals surface area contributed by atoms with E-state index in [1.807, 2.05) is 49.4 Å². The maximum atomic E-state index is 12.3. The van der Waals surface area contributed by atoms with E-state index < -0.39 is 5.97 Å². The highest BCUT2D eigenvalue weighted by molar-refractivity contribution is 5.91. The second-order valence-corrected chi connectivity index (χ2v) is 7.79. The molecule has 1 amide bonds. The lowest BCUT2D eigenvalue weighted by atomic mass is 10.1. The van der Waals surface area contributed by atoms with Crippen molar-refractivity contribution in [1.82, 2.24) is 5.32 Å². The second-order valence-electron chi connectivity index (χ2n) is 7.79. The van der Waals surface area contributed by atoms with E-state index in [0.717, 1.165) is 49.4 Å². The third-order valence-corrected chi connectivity index (χ3v) is 5.43. The number of carbonyl (C=O) groups excluding carboxylic acids is 2. The van der Waals surface area contributed by atoms with Gasteiger partial charge in [0.2, 0.25) is 0 Å². The van der Waals surface area contributed by atoms with Gasteiger partial charge in [0.05, 0.1) is 24.8 Å². The van der Waals surface area contributed by atoms with Crippen LogP contribution in [0.25, 0.3) is 11.0 Å². The number of amides is 1. The van der Waals surface area contributed by atoms with Crippen LogP contribution in [-0.4, -0.2) is 44.8 Å². The average Bonchev–Trinajstić information content (AvgIpc) is 3.23. The molecule has 2 aromatic carbocycles. The number of fused-ring (bicyclic) bond motifs is 1. The zero-order valence-corrected chi connectivity index (χ0v) is 17.6. The number of carbonyl (C=O) groups is 2. The maximum absolute atomic E-state index is 12.3. The molecule has 1 aromatic heterocycles. The van der Waals surface area contributed by atoms with Crippen molar-refractivity contribution in [2.75, 3.05) is 32.9 Å². The summed E-state index contributed by atoms with van der Waals surface area (Å²) in [6.07, 6.45) is 0. The molecule has 0 spiro atoms. The van der Waals surface area contributed by atoms with Crippen molar-refractivity contribution >= 4 is 22.8 Å². The number of hydrogen-bond acceptors (Lipinski definition) is 5. The van der Waals surface area contributed by atoms with E-state index in [4.69, 9.17) is 13.9 Å². The van der Waals surface area contributed by atoms with Crippen molar-refractivity contribution < 1.29 is 28.4 Å². The number of esters is 1. The minimum Gasteiger partial charge on any atom is -0.459 e. The maximum Gasteiger partial charge on any atom is 0.338 e. The minimum absolute atomic E-state index is 0.333. The van der Waals surface area contributed by atoms with Crippen LogP contribution in [0.1, 0.15) is 34.6 Å². The molecule has 31 heavy (non-hydrogen) atoms. The smallest absolute Gasteiger partial charge is 0.338 e. The van der Waals surface area contributed by atoms with Gasteiger partial charge in [0, 0.05) is 10.9 Å². The molecule has 0 aliphatic carbocycles. The predicted molar refractivity (Wildman–Crippen MR) is 115 cm³/mol. The zero-order valence-electron chi connectivity index (χ0n) is 17.6. The first kappa shape index (κ1) is 21.1. The Balaban J connectivity index is 1.25. The van der Waals surface area contributed by atoms with Gasteiger partial charge in [-0.1, -0.05) is 30.3 Å². The second kappa shape index (κ2) is 9.76. The Morgan fingerprint density at radius 2 is 1.84 bits per heavy atom.